The number of anilines is 1. The van der Waals surface area contributed by atoms with Gasteiger partial charge in [0.1, 0.15) is 0 Å². The van der Waals surface area contributed by atoms with E-state index in [9.17, 15) is 0 Å². The minimum atomic E-state index is 0.703. The molecule has 5 rings (SSSR count). The summed E-state index contributed by atoms with van der Waals surface area (Å²) >= 11 is 0. The van der Waals surface area contributed by atoms with Gasteiger partial charge in [0.05, 0.1) is 17.2 Å². The van der Waals surface area contributed by atoms with Crippen molar-refractivity contribution in [3.8, 4) is 11.1 Å². The van der Waals surface area contributed by atoms with Gasteiger partial charge in [0.2, 0.25) is 5.95 Å². The fourth-order valence-electron chi connectivity index (χ4n) is 3.92. The molecule has 1 aromatic carbocycles. The summed E-state index contributed by atoms with van der Waals surface area (Å²) in [5, 5.41) is 9.17. The summed E-state index contributed by atoms with van der Waals surface area (Å²) in [6.07, 6.45) is 11.1. The van der Waals surface area contributed by atoms with Crippen molar-refractivity contribution in [1.82, 2.24) is 19.6 Å². The molecule has 5 heteroatoms. The second-order valence-corrected chi connectivity index (χ2v) is 7.08. The number of nitrogens with zero attached hydrogens (tertiary/aromatic N) is 4. The van der Waals surface area contributed by atoms with Crippen LogP contribution in [0, 0.1) is 5.92 Å². The normalized spacial score (nSPS) is 15.1. The van der Waals surface area contributed by atoms with Crippen LogP contribution in [0.15, 0.2) is 55.0 Å². The van der Waals surface area contributed by atoms with Crippen LogP contribution in [0.5, 0.6) is 0 Å². The lowest BCUT2D eigenvalue weighted by Gasteiger charge is -2.10. The molecule has 26 heavy (non-hydrogen) atoms. The van der Waals surface area contributed by atoms with E-state index in [4.69, 9.17) is 0 Å². The Labute approximate surface area is 152 Å². The zero-order valence-corrected chi connectivity index (χ0v) is 14.6. The maximum atomic E-state index is 4.63. The Morgan fingerprint density at radius 3 is 2.92 bits per heavy atom. The number of pyridine rings is 1. The average Bonchev–Trinajstić information content (AvgIpc) is 3.35. The van der Waals surface area contributed by atoms with E-state index in [2.05, 4.69) is 50.7 Å². The number of aromatic nitrogens is 4. The van der Waals surface area contributed by atoms with Gasteiger partial charge in [-0.2, -0.15) is 0 Å². The molecular weight excluding hydrogens is 322 g/mol. The van der Waals surface area contributed by atoms with Gasteiger partial charge in [-0.1, -0.05) is 25.0 Å². The SMILES string of the molecule is c1cnc2ccc(-c3ccn4nc(NCC5CCCC5)ncc34)cc2c1. The predicted octanol–water partition coefficient (Wildman–Crippen LogP) is 4.55. The molecule has 0 radical (unpaired) electrons. The Hall–Kier alpha value is -2.95. The highest BCUT2D eigenvalue weighted by Gasteiger charge is 2.15. The van der Waals surface area contributed by atoms with Crippen molar-refractivity contribution in [2.45, 2.75) is 25.7 Å². The van der Waals surface area contributed by atoms with Crippen molar-refractivity contribution in [3.63, 3.8) is 0 Å². The van der Waals surface area contributed by atoms with Gasteiger partial charge >= 0.3 is 0 Å². The largest absolute Gasteiger partial charge is 0.353 e. The van der Waals surface area contributed by atoms with Crippen LogP contribution < -0.4 is 5.32 Å². The third kappa shape index (κ3) is 2.79. The highest BCUT2D eigenvalue weighted by Crippen LogP contribution is 2.28. The van der Waals surface area contributed by atoms with Crippen molar-refractivity contribution < 1.29 is 0 Å². The number of rotatable bonds is 4. The van der Waals surface area contributed by atoms with Crippen LogP contribution in [-0.2, 0) is 0 Å². The molecule has 3 heterocycles. The van der Waals surface area contributed by atoms with Crippen LogP contribution in [0.3, 0.4) is 0 Å². The van der Waals surface area contributed by atoms with E-state index in [0.29, 0.717) is 5.95 Å². The molecular formula is C21H21N5. The zero-order chi connectivity index (χ0) is 17.3. The average molecular weight is 343 g/mol. The fourth-order valence-corrected chi connectivity index (χ4v) is 3.92. The van der Waals surface area contributed by atoms with E-state index in [1.165, 1.54) is 25.7 Å². The highest BCUT2D eigenvalue weighted by atomic mass is 15.3. The Bertz CT molecular complexity index is 1060. The molecule has 130 valence electrons. The van der Waals surface area contributed by atoms with Crippen LogP contribution in [0.4, 0.5) is 5.95 Å². The van der Waals surface area contributed by atoms with Crippen molar-refractivity contribution in [3.05, 3.63) is 55.0 Å². The van der Waals surface area contributed by atoms with Crippen LogP contribution in [0.2, 0.25) is 0 Å². The maximum absolute atomic E-state index is 4.63. The molecule has 5 nitrogen and oxygen atoms in total. The predicted molar refractivity (Wildman–Crippen MR) is 104 cm³/mol. The summed E-state index contributed by atoms with van der Waals surface area (Å²) in [5.41, 5.74) is 4.32. The summed E-state index contributed by atoms with van der Waals surface area (Å²) in [4.78, 5) is 8.93. The number of hydrogen-bond acceptors (Lipinski definition) is 4. The second kappa shape index (κ2) is 6.41. The molecule has 0 bridgehead atoms. The first-order valence-electron chi connectivity index (χ1n) is 9.30. The Kier molecular flexibility index (Phi) is 3.77. The van der Waals surface area contributed by atoms with Gasteiger partial charge in [-0.3, -0.25) is 4.98 Å². The molecule has 0 aliphatic heterocycles. The summed E-state index contributed by atoms with van der Waals surface area (Å²) in [5.74, 6) is 1.47. The number of fused-ring (bicyclic) bond motifs is 2. The van der Waals surface area contributed by atoms with E-state index < -0.39 is 0 Å². The van der Waals surface area contributed by atoms with E-state index in [-0.39, 0.29) is 0 Å². The number of nitrogens with one attached hydrogen (secondary N) is 1. The monoisotopic (exact) mass is 343 g/mol. The fraction of sp³-hybridized carbons (Fsp3) is 0.286. The van der Waals surface area contributed by atoms with E-state index in [0.717, 1.165) is 40.0 Å². The third-order valence-electron chi connectivity index (χ3n) is 5.35. The van der Waals surface area contributed by atoms with Crippen LogP contribution in [0.25, 0.3) is 27.5 Å². The first kappa shape index (κ1) is 15.3. The first-order valence-corrected chi connectivity index (χ1v) is 9.30. The minimum Gasteiger partial charge on any atom is -0.353 e. The molecule has 1 aliphatic rings. The maximum Gasteiger partial charge on any atom is 0.241 e. The first-order chi connectivity index (χ1) is 12.9. The van der Waals surface area contributed by atoms with Gasteiger partial charge < -0.3 is 5.32 Å². The molecule has 0 amide bonds. The summed E-state index contributed by atoms with van der Waals surface area (Å²) in [6.45, 7) is 0.970. The Morgan fingerprint density at radius 1 is 1.08 bits per heavy atom. The molecule has 0 atom stereocenters. The topological polar surface area (TPSA) is 55.1 Å². The number of benzene rings is 1. The van der Waals surface area contributed by atoms with E-state index in [1.54, 1.807) is 0 Å². The van der Waals surface area contributed by atoms with Gasteiger partial charge in [-0.15, -0.1) is 5.10 Å². The molecule has 1 N–H and O–H groups in total. The molecule has 1 aliphatic carbocycles. The standard InChI is InChI=1S/C21H21N5/c1-2-5-15(4-1)13-23-21-24-14-20-18(9-11-26(20)25-21)16-7-8-19-17(12-16)6-3-10-22-19/h3,6-12,14-15H,1-2,4-5,13H2,(H,23,25). The number of hydrogen-bond donors (Lipinski definition) is 1. The molecule has 0 saturated heterocycles. The smallest absolute Gasteiger partial charge is 0.241 e. The van der Waals surface area contributed by atoms with Crippen molar-refractivity contribution in [1.29, 1.82) is 0 Å². The lowest BCUT2D eigenvalue weighted by atomic mass is 10.0. The van der Waals surface area contributed by atoms with Gasteiger partial charge in [0.15, 0.2) is 0 Å². The lowest BCUT2D eigenvalue weighted by molar-refractivity contribution is 0.576. The summed E-state index contributed by atoms with van der Waals surface area (Å²) in [7, 11) is 0. The summed E-state index contributed by atoms with van der Waals surface area (Å²) in [6, 6.07) is 12.5. The van der Waals surface area contributed by atoms with Crippen molar-refractivity contribution in [2.24, 2.45) is 5.92 Å². The van der Waals surface area contributed by atoms with Crippen LogP contribution >= 0.6 is 0 Å². The third-order valence-corrected chi connectivity index (χ3v) is 5.35. The van der Waals surface area contributed by atoms with Crippen molar-refractivity contribution in [2.75, 3.05) is 11.9 Å². The quantitative estimate of drug-likeness (QED) is 0.591. The lowest BCUT2D eigenvalue weighted by Crippen LogP contribution is -2.13. The molecule has 0 spiro atoms. The minimum absolute atomic E-state index is 0.703. The Balaban J connectivity index is 1.44. The molecule has 1 saturated carbocycles. The van der Waals surface area contributed by atoms with Gasteiger partial charge in [-0.05, 0) is 48.6 Å². The summed E-state index contributed by atoms with van der Waals surface area (Å²) < 4.78 is 1.91. The zero-order valence-electron chi connectivity index (χ0n) is 14.6. The second-order valence-electron chi connectivity index (χ2n) is 7.08. The van der Waals surface area contributed by atoms with Gasteiger partial charge in [0.25, 0.3) is 0 Å². The molecule has 4 aromatic rings. The van der Waals surface area contributed by atoms with E-state index >= 15 is 0 Å². The van der Waals surface area contributed by atoms with Crippen molar-refractivity contribution >= 4 is 22.4 Å². The van der Waals surface area contributed by atoms with E-state index in [1.807, 2.05) is 29.2 Å². The van der Waals surface area contributed by atoms with Crippen LogP contribution in [-0.4, -0.2) is 26.1 Å². The molecule has 3 aromatic heterocycles. The van der Waals surface area contributed by atoms with Gasteiger partial charge in [0, 0.05) is 29.9 Å². The molecule has 1 fully saturated rings. The van der Waals surface area contributed by atoms with Crippen LogP contribution in [0.1, 0.15) is 25.7 Å². The van der Waals surface area contributed by atoms with Gasteiger partial charge in [-0.25, -0.2) is 9.50 Å². The highest BCUT2D eigenvalue weighted by molar-refractivity contribution is 5.88. The molecule has 0 unspecified atom stereocenters. The Morgan fingerprint density at radius 2 is 2.00 bits per heavy atom.